The SMILES string of the molecule is CCOC(=O)C1(c2ncccc2N)CC1. The summed E-state index contributed by atoms with van der Waals surface area (Å²) < 4.78 is 5.04. The summed E-state index contributed by atoms with van der Waals surface area (Å²) in [4.78, 5) is 16.0. The fourth-order valence-corrected chi connectivity index (χ4v) is 1.75. The van der Waals surface area contributed by atoms with Crippen LogP contribution in [0, 0.1) is 0 Å². The van der Waals surface area contributed by atoms with Gasteiger partial charge in [-0.15, -0.1) is 0 Å². The molecule has 15 heavy (non-hydrogen) atoms. The molecule has 0 spiro atoms. The molecule has 80 valence electrons. The number of esters is 1. The van der Waals surface area contributed by atoms with Crippen LogP contribution < -0.4 is 5.73 Å². The molecule has 4 nitrogen and oxygen atoms in total. The number of nitrogens with two attached hydrogens (primary N) is 1. The monoisotopic (exact) mass is 206 g/mol. The molecule has 1 saturated carbocycles. The molecule has 4 heteroatoms. The van der Waals surface area contributed by atoms with Crippen LogP contribution in [-0.2, 0) is 14.9 Å². The van der Waals surface area contributed by atoms with Gasteiger partial charge in [0.25, 0.3) is 0 Å². The van der Waals surface area contributed by atoms with Gasteiger partial charge in [0.05, 0.1) is 18.0 Å². The van der Waals surface area contributed by atoms with Crippen molar-refractivity contribution in [1.82, 2.24) is 4.98 Å². The summed E-state index contributed by atoms with van der Waals surface area (Å²) in [6.45, 7) is 2.20. The number of anilines is 1. The summed E-state index contributed by atoms with van der Waals surface area (Å²) in [7, 11) is 0. The van der Waals surface area contributed by atoms with Crippen molar-refractivity contribution >= 4 is 11.7 Å². The molecule has 1 aliphatic carbocycles. The van der Waals surface area contributed by atoms with Gasteiger partial charge < -0.3 is 10.5 Å². The van der Waals surface area contributed by atoms with Gasteiger partial charge in [0.1, 0.15) is 5.41 Å². The lowest BCUT2D eigenvalue weighted by atomic mass is 10.0. The minimum Gasteiger partial charge on any atom is -0.465 e. The molecule has 1 aliphatic rings. The zero-order chi connectivity index (χ0) is 10.9. The first-order valence-corrected chi connectivity index (χ1v) is 5.09. The highest BCUT2D eigenvalue weighted by Crippen LogP contribution is 2.50. The fraction of sp³-hybridized carbons (Fsp3) is 0.455. The number of carbonyl (C=O) groups is 1. The molecule has 0 aromatic carbocycles. The first-order valence-electron chi connectivity index (χ1n) is 5.09. The van der Waals surface area contributed by atoms with Crippen molar-refractivity contribution in [2.24, 2.45) is 0 Å². The van der Waals surface area contributed by atoms with Gasteiger partial charge in [-0.1, -0.05) is 0 Å². The second-order valence-corrected chi connectivity index (χ2v) is 3.74. The van der Waals surface area contributed by atoms with Gasteiger partial charge >= 0.3 is 5.97 Å². The van der Waals surface area contributed by atoms with E-state index >= 15 is 0 Å². The molecule has 0 saturated heterocycles. The molecule has 1 aromatic rings. The summed E-state index contributed by atoms with van der Waals surface area (Å²) >= 11 is 0. The Balaban J connectivity index is 2.31. The molecule has 0 unspecified atom stereocenters. The molecule has 2 N–H and O–H groups in total. The first kappa shape index (κ1) is 9.96. The highest BCUT2D eigenvalue weighted by atomic mass is 16.5. The number of pyridine rings is 1. The Morgan fingerprint density at radius 1 is 1.67 bits per heavy atom. The Labute approximate surface area is 88.4 Å². The summed E-state index contributed by atoms with van der Waals surface area (Å²) in [5.41, 5.74) is 6.50. The third kappa shape index (κ3) is 1.56. The average molecular weight is 206 g/mol. The van der Waals surface area contributed by atoms with Gasteiger partial charge in [-0.2, -0.15) is 0 Å². The quantitative estimate of drug-likeness (QED) is 0.756. The predicted octanol–water partition coefficient (Wildman–Crippen LogP) is 1.26. The molecule has 1 heterocycles. The highest BCUT2D eigenvalue weighted by molar-refractivity contribution is 5.87. The minimum absolute atomic E-state index is 0.199. The van der Waals surface area contributed by atoms with E-state index in [-0.39, 0.29) is 5.97 Å². The van der Waals surface area contributed by atoms with Crippen LogP contribution in [-0.4, -0.2) is 17.6 Å². The normalized spacial score (nSPS) is 17.1. The Kier molecular flexibility index (Phi) is 2.34. The number of rotatable bonds is 3. The molecule has 0 bridgehead atoms. The Bertz CT molecular complexity index is 386. The van der Waals surface area contributed by atoms with Crippen molar-refractivity contribution in [3.8, 4) is 0 Å². The first-order chi connectivity index (χ1) is 7.20. The zero-order valence-corrected chi connectivity index (χ0v) is 8.69. The number of carbonyl (C=O) groups excluding carboxylic acids is 1. The molecule has 0 amide bonds. The summed E-state index contributed by atoms with van der Waals surface area (Å²) in [5.74, 6) is -0.199. The molecule has 0 aliphatic heterocycles. The van der Waals surface area contributed by atoms with Gasteiger partial charge in [0, 0.05) is 6.20 Å². The van der Waals surface area contributed by atoms with Crippen LogP contribution in [0.4, 0.5) is 5.69 Å². The number of aromatic nitrogens is 1. The Hall–Kier alpha value is -1.58. The molecule has 2 rings (SSSR count). The topological polar surface area (TPSA) is 65.2 Å². The smallest absolute Gasteiger partial charge is 0.318 e. The van der Waals surface area contributed by atoms with E-state index in [0.29, 0.717) is 18.0 Å². The Morgan fingerprint density at radius 3 is 2.93 bits per heavy atom. The van der Waals surface area contributed by atoms with E-state index in [2.05, 4.69) is 4.98 Å². The maximum absolute atomic E-state index is 11.8. The predicted molar refractivity (Wildman–Crippen MR) is 56.2 cm³/mol. The van der Waals surface area contributed by atoms with E-state index < -0.39 is 5.41 Å². The van der Waals surface area contributed by atoms with Crippen molar-refractivity contribution < 1.29 is 9.53 Å². The fourth-order valence-electron chi connectivity index (χ4n) is 1.75. The van der Waals surface area contributed by atoms with Gasteiger partial charge in [-0.05, 0) is 31.9 Å². The van der Waals surface area contributed by atoms with Crippen LogP contribution in [0.2, 0.25) is 0 Å². The van der Waals surface area contributed by atoms with Crippen LogP contribution >= 0.6 is 0 Å². The molecular weight excluding hydrogens is 192 g/mol. The number of ether oxygens (including phenoxy) is 1. The van der Waals surface area contributed by atoms with Crippen molar-refractivity contribution in [1.29, 1.82) is 0 Å². The molecule has 0 atom stereocenters. The van der Waals surface area contributed by atoms with Gasteiger partial charge in [0.15, 0.2) is 0 Å². The van der Waals surface area contributed by atoms with E-state index in [1.807, 2.05) is 0 Å². The van der Waals surface area contributed by atoms with Gasteiger partial charge in [-0.3, -0.25) is 9.78 Å². The summed E-state index contributed by atoms with van der Waals surface area (Å²) in [6, 6.07) is 3.53. The van der Waals surface area contributed by atoms with Crippen molar-refractivity contribution in [3.63, 3.8) is 0 Å². The Morgan fingerprint density at radius 2 is 2.40 bits per heavy atom. The maximum Gasteiger partial charge on any atom is 0.318 e. The van der Waals surface area contributed by atoms with Gasteiger partial charge in [-0.25, -0.2) is 0 Å². The van der Waals surface area contributed by atoms with Crippen LogP contribution in [0.25, 0.3) is 0 Å². The highest BCUT2D eigenvalue weighted by Gasteiger charge is 2.55. The van der Waals surface area contributed by atoms with E-state index in [4.69, 9.17) is 10.5 Å². The number of hydrogen-bond acceptors (Lipinski definition) is 4. The van der Waals surface area contributed by atoms with Gasteiger partial charge in [0.2, 0.25) is 0 Å². The summed E-state index contributed by atoms with van der Waals surface area (Å²) in [5, 5.41) is 0. The average Bonchev–Trinajstić information content (AvgIpc) is 3.00. The molecule has 1 fully saturated rings. The third-order valence-electron chi connectivity index (χ3n) is 2.71. The van der Waals surface area contributed by atoms with E-state index in [9.17, 15) is 4.79 Å². The standard InChI is InChI=1S/C11H14N2O2/c1-2-15-10(14)11(5-6-11)9-8(12)4-3-7-13-9/h3-4,7H,2,5-6,12H2,1H3. The van der Waals surface area contributed by atoms with E-state index in [1.165, 1.54) is 0 Å². The molecule has 0 radical (unpaired) electrons. The number of nitrogens with zero attached hydrogens (tertiary/aromatic N) is 1. The largest absolute Gasteiger partial charge is 0.465 e. The van der Waals surface area contributed by atoms with Crippen LogP contribution in [0.5, 0.6) is 0 Å². The number of hydrogen-bond donors (Lipinski definition) is 1. The van der Waals surface area contributed by atoms with Crippen LogP contribution in [0.1, 0.15) is 25.5 Å². The number of nitrogen functional groups attached to an aromatic ring is 1. The summed E-state index contributed by atoms with van der Waals surface area (Å²) in [6.07, 6.45) is 3.23. The van der Waals surface area contributed by atoms with Crippen molar-refractivity contribution in [3.05, 3.63) is 24.0 Å². The van der Waals surface area contributed by atoms with Crippen molar-refractivity contribution in [2.75, 3.05) is 12.3 Å². The lowest BCUT2D eigenvalue weighted by Crippen LogP contribution is -2.25. The van der Waals surface area contributed by atoms with Crippen molar-refractivity contribution in [2.45, 2.75) is 25.2 Å². The second-order valence-electron chi connectivity index (χ2n) is 3.74. The van der Waals surface area contributed by atoms with Crippen LogP contribution in [0.3, 0.4) is 0 Å². The lowest BCUT2D eigenvalue weighted by Gasteiger charge is -2.14. The molecule has 1 aromatic heterocycles. The van der Waals surface area contributed by atoms with Crippen LogP contribution in [0.15, 0.2) is 18.3 Å². The maximum atomic E-state index is 11.8. The lowest BCUT2D eigenvalue weighted by molar-refractivity contribution is -0.146. The third-order valence-corrected chi connectivity index (χ3v) is 2.71. The second kappa shape index (κ2) is 3.53. The molecular formula is C11H14N2O2. The van der Waals surface area contributed by atoms with E-state index in [1.54, 1.807) is 25.3 Å². The zero-order valence-electron chi connectivity index (χ0n) is 8.69. The minimum atomic E-state index is -0.554. The van der Waals surface area contributed by atoms with E-state index in [0.717, 1.165) is 12.8 Å².